The Kier molecular flexibility index (Phi) is 13.4. The monoisotopic (exact) mass is 553 g/mol. The smallest absolute Gasteiger partial charge is 0.326 e. The van der Waals surface area contributed by atoms with Crippen molar-refractivity contribution >= 4 is 23.6 Å². The van der Waals surface area contributed by atoms with Gasteiger partial charge >= 0.3 is 5.97 Å². The number of thioether (sulfide) groups is 1. The zero-order chi connectivity index (χ0) is 28.0. The molecule has 1 amide bonds. The molecule has 1 saturated carbocycles. The van der Waals surface area contributed by atoms with E-state index >= 15 is 0 Å². The molecule has 1 fully saturated rings. The molecule has 5 nitrogen and oxygen atoms in total. The van der Waals surface area contributed by atoms with E-state index in [0.29, 0.717) is 30.3 Å². The van der Waals surface area contributed by atoms with Gasteiger partial charge in [0.25, 0.3) is 5.91 Å². The minimum atomic E-state index is -1.01. The van der Waals surface area contributed by atoms with Crippen molar-refractivity contribution in [2.24, 2.45) is 11.8 Å². The summed E-state index contributed by atoms with van der Waals surface area (Å²) in [7, 11) is 0. The molecule has 6 heteroatoms. The van der Waals surface area contributed by atoms with Crippen molar-refractivity contribution in [1.82, 2.24) is 5.32 Å². The van der Waals surface area contributed by atoms with Gasteiger partial charge in [0.2, 0.25) is 0 Å². The number of hydrogen-bond donors (Lipinski definition) is 2. The fraction of sp³-hybridized carbons (Fsp3) is 0.576. The Bertz CT molecular complexity index is 1050. The normalized spacial score (nSPS) is 15.6. The highest BCUT2D eigenvalue weighted by Crippen LogP contribution is 2.32. The number of amides is 1. The first-order valence-corrected chi connectivity index (χ1v) is 16.1. The van der Waals surface area contributed by atoms with Gasteiger partial charge in [-0.1, -0.05) is 82.2 Å². The van der Waals surface area contributed by atoms with Gasteiger partial charge in [-0.15, -0.1) is 0 Å². The summed E-state index contributed by atoms with van der Waals surface area (Å²) < 4.78 is 6.30. The molecular formula is C33H47NO4S. The number of hydrogen-bond acceptors (Lipinski definition) is 4. The molecule has 0 radical (unpaired) electrons. The lowest BCUT2D eigenvalue weighted by molar-refractivity contribution is -0.139. The highest BCUT2D eigenvalue weighted by molar-refractivity contribution is 7.98. The van der Waals surface area contributed by atoms with Crippen LogP contribution in [0.4, 0.5) is 0 Å². The van der Waals surface area contributed by atoms with Gasteiger partial charge in [-0.2, -0.15) is 11.8 Å². The van der Waals surface area contributed by atoms with E-state index in [1.165, 1.54) is 57.8 Å². The van der Waals surface area contributed by atoms with Crippen molar-refractivity contribution in [3.05, 3.63) is 59.2 Å². The van der Waals surface area contributed by atoms with Gasteiger partial charge in [-0.3, -0.25) is 4.79 Å². The summed E-state index contributed by atoms with van der Waals surface area (Å²) in [6.45, 7) is 5.56. The van der Waals surface area contributed by atoms with Crippen molar-refractivity contribution in [1.29, 1.82) is 0 Å². The Labute approximate surface area is 239 Å². The molecule has 2 atom stereocenters. The summed E-state index contributed by atoms with van der Waals surface area (Å²) in [6.07, 6.45) is 14.1. The molecule has 0 aliphatic heterocycles. The minimum Gasteiger partial charge on any atom is -0.480 e. The number of carboxylic acids is 1. The lowest BCUT2D eigenvalue weighted by Gasteiger charge is -2.26. The van der Waals surface area contributed by atoms with E-state index in [1.807, 2.05) is 55.6 Å². The van der Waals surface area contributed by atoms with Crippen molar-refractivity contribution in [2.45, 2.75) is 90.7 Å². The Morgan fingerprint density at radius 3 is 2.54 bits per heavy atom. The maximum Gasteiger partial charge on any atom is 0.326 e. The van der Waals surface area contributed by atoms with E-state index in [1.54, 1.807) is 11.8 Å². The van der Waals surface area contributed by atoms with Crippen LogP contribution >= 0.6 is 11.8 Å². The average molecular weight is 554 g/mol. The summed E-state index contributed by atoms with van der Waals surface area (Å²) in [5.41, 5.74) is 4.36. The second-order valence-electron chi connectivity index (χ2n) is 11.1. The Morgan fingerprint density at radius 1 is 1.08 bits per heavy atom. The van der Waals surface area contributed by atoms with E-state index in [4.69, 9.17) is 4.74 Å². The number of aryl methyl sites for hydroxylation is 1. The number of ether oxygens (including phenoxy) is 1. The Hall–Kier alpha value is -2.31. The molecule has 0 aromatic heterocycles. The first kappa shape index (κ1) is 31.2. The molecular weight excluding hydrogens is 506 g/mol. The topological polar surface area (TPSA) is 75.6 Å². The van der Waals surface area contributed by atoms with E-state index < -0.39 is 12.0 Å². The predicted molar refractivity (Wildman–Crippen MR) is 162 cm³/mol. The third-order valence-electron chi connectivity index (χ3n) is 7.96. The van der Waals surface area contributed by atoms with Crippen LogP contribution in [-0.2, 0) is 16.1 Å². The van der Waals surface area contributed by atoms with Crippen molar-refractivity contribution in [2.75, 3.05) is 18.6 Å². The van der Waals surface area contributed by atoms with Crippen LogP contribution in [0, 0.1) is 18.8 Å². The third kappa shape index (κ3) is 9.99. The molecule has 1 aliphatic rings. The van der Waals surface area contributed by atoms with Gasteiger partial charge in [0.1, 0.15) is 6.04 Å². The quantitative estimate of drug-likeness (QED) is 0.221. The van der Waals surface area contributed by atoms with E-state index in [2.05, 4.69) is 12.2 Å². The lowest BCUT2D eigenvalue weighted by Crippen LogP contribution is -2.41. The summed E-state index contributed by atoms with van der Waals surface area (Å²) in [4.78, 5) is 25.1. The summed E-state index contributed by atoms with van der Waals surface area (Å²) in [5.74, 6) is 0.744. The summed E-state index contributed by atoms with van der Waals surface area (Å²) >= 11 is 1.57. The zero-order valence-electron chi connectivity index (χ0n) is 24.0. The van der Waals surface area contributed by atoms with Crippen LogP contribution in [-0.4, -0.2) is 41.6 Å². The number of nitrogens with one attached hydrogen (secondary N) is 1. The molecule has 2 aromatic carbocycles. The molecule has 39 heavy (non-hydrogen) atoms. The van der Waals surface area contributed by atoms with Crippen LogP contribution in [0.3, 0.4) is 0 Å². The third-order valence-corrected chi connectivity index (χ3v) is 8.60. The maximum atomic E-state index is 13.3. The van der Waals surface area contributed by atoms with E-state index in [-0.39, 0.29) is 5.91 Å². The number of carboxylic acid groups (broad SMARTS) is 1. The van der Waals surface area contributed by atoms with Crippen LogP contribution < -0.4 is 5.32 Å². The Balaban J connectivity index is 1.75. The molecule has 3 rings (SSSR count). The van der Waals surface area contributed by atoms with Crippen LogP contribution in [0.1, 0.15) is 92.6 Å². The second kappa shape index (κ2) is 16.7. The zero-order valence-corrected chi connectivity index (χ0v) is 24.9. The Morgan fingerprint density at radius 2 is 1.85 bits per heavy atom. The molecule has 0 unspecified atom stereocenters. The van der Waals surface area contributed by atoms with Crippen molar-refractivity contribution < 1.29 is 19.4 Å². The number of carbonyl (C=O) groups is 2. The summed E-state index contributed by atoms with van der Waals surface area (Å²) in [5, 5.41) is 12.4. The number of aliphatic carboxylic acids is 1. The fourth-order valence-electron chi connectivity index (χ4n) is 5.71. The van der Waals surface area contributed by atoms with Gasteiger partial charge in [0.15, 0.2) is 0 Å². The highest BCUT2D eigenvalue weighted by Gasteiger charge is 2.23. The van der Waals surface area contributed by atoms with E-state index in [0.717, 1.165) is 34.8 Å². The highest BCUT2D eigenvalue weighted by atomic mass is 32.2. The van der Waals surface area contributed by atoms with Crippen molar-refractivity contribution in [3.8, 4) is 11.1 Å². The molecule has 0 saturated heterocycles. The molecule has 0 bridgehead atoms. The van der Waals surface area contributed by atoms with Crippen LogP contribution in [0.25, 0.3) is 11.1 Å². The van der Waals surface area contributed by atoms with Gasteiger partial charge in [0, 0.05) is 12.2 Å². The average Bonchev–Trinajstić information content (AvgIpc) is 2.94. The first-order valence-electron chi connectivity index (χ1n) is 14.7. The molecule has 1 aliphatic carbocycles. The summed E-state index contributed by atoms with van der Waals surface area (Å²) in [6, 6.07) is 12.9. The van der Waals surface area contributed by atoms with Crippen LogP contribution in [0.15, 0.2) is 42.5 Å². The van der Waals surface area contributed by atoms with Crippen molar-refractivity contribution in [3.63, 3.8) is 0 Å². The van der Waals surface area contributed by atoms with Gasteiger partial charge in [-0.25, -0.2) is 4.79 Å². The fourth-order valence-corrected chi connectivity index (χ4v) is 6.18. The van der Waals surface area contributed by atoms with Gasteiger partial charge in [0.05, 0.1) is 6.61 Å². The van der Waals surface area contributed by atoms with Crippen LogP contribution in [0.2, 0.25) is 0 Å². The van der Waals surface area contributed by atoms with Crippen LogP contribution in [0.5, 0.6) is 0 Å². The lowest BCUT2D eigenvalue weighted by atomic mass is 9.81. The maximum absolute atomic E-state index is 13.3. The molecule has 214 valence electrons. The number of rotatable bonds is 16. The molecule has 2 N–H and O–H groups in total. The second-order valence-corrected chi connectivity index (χ2v) is 12.1. The SMILES string of the molecule is CCCC[C@@H](COCc1ccc(C(=O)N[C@@H](CCSC)C(=O)O)c(-c2ccccc2C)c1)CC1CCCCC1. The van der Waals surface area contributed by atoms with Gasteiger partial charge in [-0.05, 0) is 84.4 Å². The first-order chi connectivity index (χ1) is 18.9. The standard InChI is InChI=1S/C33H47NO4S/c1-4-5-12-26(20-25-13-7-6-8-14-25)22-38-23-27-16-17-29(30(21-27)28-15-10-9-11-24(28)2)32(35)34-31(33(36)37)18-19-39-3/h9-11,15-17,21,25-26,31H,4-8,12-14,18-20,22-23H2,1-3H3,(H,34,35)(H,36,37)/t26-,31+/m1/s1. The molecule has 0 spiro atoms. The number of carbonyl (C=O) groups excluding carboxylic acids is 1. The minimum absolute atomic E-state index is 0.360. The van der Waals surface area contributed by atoms with Gasteiger partial charge < -0.3 is 15.2 Å². The predicted octanol–water partition coefficient (Wildman–Crippen LogP) is 7.89. The number of benzene rings is 2. The number of unbranched alkanes of at least 4 members (excludes halogenated alkanes) is 1. The van der Waals surface area contributed by atoms with E-state index in [9.17, 15) is 14.7 Å². The largest absolute Gasteiger partial charge is 0.480 e. The molecule has 2 aromatic rings. The molecule has 0 heterocycles.